The zero-order valence-electron chi connectivity index (χ0n) is 15.1. The van der Waals surface area contributed by atoms with E-state index >= 15 is 0 Å². The van der Waals surface area contributed by atoms with Gasteiger partial charge in [-0.2, -0.15) is 5.10 Å². The number of halogens is 1. The molecule has 1 aliphatic heterocycles. The van der Waals surface area contributed by atoms with Crippen LogP contribution in [0.5, 0.6) is 0 Å². The molecule has 26 heavy (non-hydrogen) atoms. The van der Waals surface area contributed by atoms with Crippen molar-refractivity contribution >= 4 is 29.2 Å². The molecule has 2 heterocycles. The number of benzene rings is 2. The number of nitrogens with zero attached hydrogens (tertiary/aromatic N) is 2. The van der Waals surface area contributed by atoms with Gasteiger partial charge in [0, 0.05) is 27.6 Å². The van der Waals surface area contributed by atoms with E-state index in [2.05, 4.69) is 48.8 Å². The summed E-state index contributed by atoms with van der Waals surface area (Å²) in [5, 5.41) is 9.45. The molecule has 5 heteroatoms. The second-order valence-electron chi connectivity index (χ2n) is 6.56. The summed E-state index contributed by atoms with van der Waals surface area (Å²) in [7, 11) is 0. The molecule has 0 spiro atoms. The van der Waals surface area contributed by atoms with Crippen molar-refractivity contribution in [2.24, 2.45) is 0 Å². The Morgan fingerprint density at radius 3 is 2.81 bits per heavy atom. The first-order valence-electron chi connectivity index (χ1n) is 8.95. The minimum absolute atomic E-state index is 0.770. The first-order chi connectivity index (χ1) is 12.7. The van der Waals surface area contributed by atoms with Crippen LogP contribution >= 0.6 is 23.4 Å². The van der Waals surface area contributed by atoms with Crippen LogP contribution in [-0.4, -0.2) is 22.6 Å². The molecule has 0 amide bonds. The van der Waals surface area contributed by atoms with Crippen LogP contribution in [-0.2, 0) is 6.42 Å². The predicted molar refractivity (Wildman–Crippen MR) is 112 cm³/mol. The van der Waals surface area contributed by atoms with E-state index in [-0.39, 0.29) is 0 Å². The fraction of sp³-hybridized carbons (Fsp3) is 0.286. The highest BCUT2D eigenvalue weighted by atomic mass is 35.5. The van der Waals surface area contributed by atoms with Crippen molar-refractivity contribution in [1.82, 2.24) is 9.78 Å². The number of thioether (sulfide) groups is 1. The number of hydrogen-bond donors (Lipinski definition) is 1. The molecule has 4 rings (SSSR count). The van der Waals surface area contributed by atoms with Crippen LogP contribution in [0.3, 0.4) is 0 Å². The smallest absolute Gasteiger partial charge is 0.133 e. The van der Waals surface area contributed by atoms with Crippen LogP contribution in [0.25, 0.3) is 16.9 Å². The maximum Gasteiger partial charge on any atom is 0.133 e. The average Bonchev–Trinajstić information content (AvgIpc) is 2.85. The van der Waals surface area contributed by atoms with E-state index in [4.69, 9.17) is 16.7 Å². The fourth-order valence-electron chi connectivity index (χ4n) is 3.56. The van der Waals surface area contributed by atoms with Gasteiger partial charge in [-0.25, -0.2) is 4.68 Å². The Balaban J connectivity index is 1.97. The summed E-state index contributed by atoms with van der Waals surface area (Å²) in [6, 6.07) is 14.5. The number of aromatic nitrogens is 2. The summed E-state index contributed by atoms with van der Waals surface area (Å²) in [5.41, 5.74) is 5.69. The van der Waals surface area contributed by atoms with E-state index in [0.717, 1.165) is 40.8 Å². The Kier molecular flexibility index (Phi) is 4.96. The number of fused-ring (bicyclic) bond motifs is 1. The highest BCUT2D eigenvalue weighted by Crippen LogP contribution is 2.38. The van der Waals surface area contributed by atoms with Gasteiger partial charge in [0.2, 0.25) is 0 Å². The summed E-state index contributed by atoms with van der Waals surface area (Å²) in [6.45, 7) is 3.03. The molecular formula is C21H22ClN3S. The standard InChI is InChI=1S/C21H22ClN3S/c1-14-17(22)10-7-11-18(14)25-21-16(9-5-6-13-23-21)20(24-25)15-8-3-4-12-19(15)26-2/h3-4,7-8,10-12,23H,5-6,9,13H2,1-2H3. The lowest BCUT2D eigenvalue weighted by molar-refractivity contribution is 0.779. The van der Waals surface area contributed by atoms with E-state index in [1.165, 1.54) is 28.9 Å². The van der Waals surface area contributed by atoms with Gasteiger partial charge in [0.1, 0.15) is 5.82 Å². The molecule has 0 saturated carbocycles. The predicted octanol–water partition coefficient (Wildman–Crippen LogP) is 5.97. The molecule has 0 saturated heterocycles. The van der Waals surface area contributed by atoms with Crippen molar-refractivity contribution in [3.63, 3.8) is 0 Å². The first kappa shape index (κ1) is 17.5. The van der Waals surface area contributed by atoms with Crippen molar-refractivity contribution in [3.05, 3.63) is 58.6 Å². The van der Waals surface area contributed by atoms with Crippen molar-refractivity contribution in [2.45, 2.75) is 31.1 Å². The quantitative estimate of drug-likeness (QED) is 0.565. The molecule has 0 unspecified atom stereocenters. The number of nitrogens with one attached hydrogen (secondary N) is 1. The van der Waals surface area contributed by atoms with Crippen LogP contribution in [0.2, 0.25) is 5.02 Å². The normalized spacial score (nSPS) is 13.8. The summed E-state index contributed by atoms with van der Waals surface area (Å²) >= 11 is 8.15. The van der Waals surface area contributed by atoms with E-state index < -0.39 is 0 Å². The summed E-state index contributed by atoms with van der Waals surface area (Å²) < 4.78 is 2.05. The number of anilines is 1. The third-order valence-electron chi connectivity index (χ3n) is 4.96. The van der Waals surface area contributed by atoms with Crippen LogP contribution in [0.15, 0.2) is 47.4 Å². The van der Waals surface area contributed by atoms with E-state index in [0.29, 0.717) is 0 Å². The molecular weight excluding hydrogens is 362 g/mol. The lowest BCUT2D eigenvalue weighted by Gasteiger charge is -2.12. The van der Waals surface area contributed by atoms with Crippen LogP contribution < -0.4 is 5.32 Å². The summed E-state index contributed by atoms with van der Waals surface area (Å²) in [4.78, 5) is 1.26. The van der Waals surface area contributed by atoms with Crippen LogP contribution in [0.1, 0.15) is 24.0 Å². The second-order valence-corrected chi connectivity index (χ2v) is 7.81. The molecule has 1 aliphatic rings. The molecule has 1 aromatic heterocycles. The van der Waals surface area contributed by atoms with Gasteiger partial charge in [0.05, 0.1) is 11.4 Å². The maximum absolute atomic E-state index is 6.39. The van der Waals surface area contributed by atoms with Gasteiger partial charge in [0.15, 0.2) is 0 Å². The molecule has 0 aliphatic carbocycles. The Labute approximate surface area is 163 Å². The van der Waals surface area contributed by atoms with Gasteiger partial charge in [-0.3, -0.25) is 0 Å². The lowest BCUT2D eigenvalue weighted by Crippen LogP contribution is -2.08. The molecule has 0 fully saturated rings. The van der Waals surface area contributed by atoms with E-state index in [9.17, 15) is 0 Å². The molecule has 0 atom stereocenters. The maximum atomic E-state index is 6.39. The van der Waals surface area contributed by atoms with Crippen LogP contribution in [0.4, 0.5) is 5.82 Å². The first-order valence-corrected chi connectivity index (χ1v) is 10.6. The van der Waals surface area contributed by atoms with E-state index in [1.54, 1.807) is 11.8 Å². The molecule has 2 aromatic carbocycles. The van der Waals surface area contributed by atoms with E-state index in [1.807, 2.05) is 16.8 Å². The zero-order valence-corrected chi connectivity index (χ0v) is 16.6. The van der Waals surface area contributed by atoms with Crippen molar-refractivity contribution in [1.29, 1.82) is 0 Å². The molecule has 0 bridgehead atoms. The summed E-state index contributed by atoms with van der Waals surface area (Å²) in [5.74, 6) is 1.11. The van der Waals surface area contributed by atoms with Crippen molar-refractivity contribution in [3.8, 4) is 16.9 Å². The minimum Gasteiger partial charge on any atom is -0.370 e. The van der Waals surface area contributed by atoms with Gasteiger partial charge >= 0.3 is 0 Å². The number of rotatable bonds is 3. The van der Waals surface area contributed by atoms with Gasteiger partial charge < -0.3 is 5.32 Å². The largest absolute Gasteiger partial charge is 0.370 e. The monoisotopic (exact) mass is 383 g/mol. The van der Waals surface area contributed by atoms with Gasteiger partial charge in [-0.05, 0) is 56.2 Å². The van der Waals surface area contributed by atoms with Gasteiger partial charge in [-0.15, -0.1) is 11.8 Å². The van der Waals surface area contributed by atoms with Crippen molar-refractivity contribution < 1.29 is 0 Å². The second kappa shape index (κ2) is 7.37. The van der Waals surface area contributed by atoms with Gasteiger partial charge in [0.25, 0.3) is 0 Å². The Morgan fingerprint density at radius 2 is 1.96 bits per heavy atom. The molecule has 134 valence electrons. The third kappa shape index (κ3) is 3.01. The van der Waals surface area contributed by atoms with Crippen molar-refractivity contribution in [2.75, 3.05) is 18.1 Å². The molecule has 1 N–H and O–H groups in total. The Morgan fingerprint density at radius 1 is 1.12 bits per heavy atom. The molecule has 3 aromatic rings. The highest BCUT2D eigenvalue weighted by molar-refractivity contribution is 7.98. The lowest BCUT2D eigenvalue weighted by atomic mass is 10.0. The SMILES string of the molecule is CSc1ccccc1-c1nn(-c2cccc(Cl)c2C)c2c1CCCCN2. The Bertz CT molecular complexity index is 948. The average molecular weight is 384 g/mol. The Hall–Kier alpha value is -1.91. The number of hydrogen-bond acceptors (Lipinski definition) is 3. The molecule has 0 radical (unpaired) electrons. The van der Waals surface area contributed by atoms with Gasteiger partial charge in [-0.1, -0.05) is 35.9 Å². The molecule has 3 nitrogen and oxygen atoms in total. The highest BCUT2D eigenvalue weighted by Gasteiger charge is 2.23. The fourth-order valence-corrected chi connectivity index (χ4v) is 4.33. The third-order valence-corrected chi connectivity index (χ3v) is 6.16. The zero-order chi connectivity index (χ0) is 18.1. The summed E-state index contributed by atoms with van der Waals surface area (Å²) in [6.07, 6.45) is 5.51. The van der Waals surface area contributed by atoms with Crippen LogP contribution in [0, 0.1) is 6.92 Å². The minimum atomic E-state index is 0.770. The topological polar surface area (TPSA) is 29.9 Å².